The highest BCUT2D eigenvalue weighted by atomic mass is 19.1. The summed E-state index contributed by atoms with van der Waals surface area (Å²) in [6.07, 6.45) is 2.22. The molecule has 1 unspecified atom stereocenters. The molecule has 0 aliphatic heterocycles. The van der Waals surface area contributed by atoms with Crippen LogP contribution in [0, 0.1) is 28.6 Å². The summed E-state index contributed by atoms with van der Waals surface area (Å²) in [5.41, 5.74) is 0.745. The summed E-state index contributed by atoms with van der Waals surface area (Å²) >= 11 is 0. The first-order valence-electron chi connectivity index (χ1n) is 9.12. The molecule has 3 saturated carbocycles. The Morgan fingerprint density at radius 2 is 1.92 bits per heavy atom. The van der Waals surface area contributed by atoms with Crippen molar-refractivity contribution in [2.75, 3.05) is 0 Å². The molecule has 134 valence electrons. The molecule has 25 heavy (non-hydrogen) atoms. The van der Waals surface area contributed by atoms with Crippen molar-refractivity contribution in [3.8, 4) is 0 Å². The lowest BCUT2D eigenvalue weighted by Gasteiger charge is -2.57. The number of rotatable bonds is 0. The summed E-state index contributed by atoms with van der Waals surface area (Å²) < 4.78 is 29.0. The Balaban J connectivity index is 1.84. The van der Waals surface area contributed by atoms with Crippen molar-refractivity contribution in [2.45, 2.75) is 52.6 Å². The molecule has 0 spiro atoms. The van der Waals surface area contributed by atoms with E-state index >= 15 is 0 Å². The lowest BCUT2D eigenvalue weighted by Crippen LogP contribution is -2.51. The Bertz CT molecular complexity index is 777. The number of alkyl halides is 1. The minimum atomic E-state index is -1.38. The van der Waals surface area contributed by atoms with Crippen LogP contribution in [-0.2, 0) is 9.59 Å². The van der Waals surface area contributed by atoms with Crippen LogP contribution in [0.5, 0.6) is 0 Å². The van der Waals surface area contributed by atoms with E-state index in [-0.39, 0.29) is 30.0 Å². The molecule has 3 fully saturated rings. The second kappa shape index (κ2) is 4.99. The van der Waals surface area contributed by atoms with Crippen LogP contribution in [0.15, 0.2) is 35.2 Å². The highest BCUT2D eigenvalue weighted by Gasteiger charge is 2.63. The van der Waals surface area contributed by atoms with E-state index in [9.17, 15) is 18.4 Å². The van der Waals surface area contributed by atoms with E-state index in [0.29, 0.717) is 24.0 Å². The van der Waals surface area contributed by atoms with Crippen molar-refractivity contribution in [3.05, 3.63) is 35.2 Å². The van der Waals surface area contributed by atoms with Gasteiger partial charge >= 0.3 is 0 Å². The van der Waals surface area contributed by atoms with Crippen molar-refractivity contribution in [1.29, 1.82) is 0 Å². The number of halogens is 2. The molecule has 0 heterocycles. The van der Waals surface area contributed by atoms with Gasteiger partial charge in [0.1, 0.15) is 0 Å². The zero-order valence-electron chi connectivity index (χ0n) is 15.0. The fourth-order valence-electron chi connectivity index (χ4n) is 6.38. The van der Waals surface area contributed by atoms with Gasteiger partial charge in [0.25, 0.3) is 0 Å². The summed E-state index contributed by atoms with van der Waals surface area (Å²) in [6, 6.07) is 0. The van der Waals surface area contributed by atoms with Gasteiger partial charge in [-0.15, -0.1) is 0 Å². The van der Waals surface area contributed by atoms with Gasteiger partial charge in [0, 0.05) is 16.4 Å². The molecule has 0 amide bonds. The first-order valence-corrected chi connectivity index (χ1v) is 9.12. The number of Topliss-reactive ketones (excluding diaryl/α,β-unsaturated/α-hetero) is 1. The van der Waals surface area contributed by atoms with E-state index in [1.807, 2.05) is 20.8 Å². The summed E-state index contributed by atoms with van der Waals surface area (Å²) in [7, 11) is 0. The number of ketones is 2. The lowest BCUT2D eigenvalue weighted by molar-refractivity contribution is -0.134. The summed E-state index contributed by atoms with van der Waals surface area (Å²) in [4.78, 5) is 24.4. The zero-order valence-corrected chi connectivity index (χ0v) is 15.0. The third kappa shape index (κ3) is 1.89. The molecule has 0 radical (unpaired) electrons. The molecule has 0 saturated heterocycles. The Morgan fingerprint density at radius 1 is 1.24 bits per heavy atom. The predicted octanol–water partition coefficient (Wildman–Crippen LogP) is 4.66. The molecule has 0 N–H and O–H groups in total. The van der Waals surface area contributed by atoms with Gasteiger partial charge in [0.05, 0.1) is 0 Å². The van der Waals surface area contributed by atoms with E-state index < -0.39 is 28.6 Å². The van der Waals surface area contributed by atoms with Gasteiger partial charge in [-0.1, -0.05) is 26.0 Å². The molecular weight excluding hydrogens is 322 g/mol. The number of allylic oxidation sites excluding steroid dienone is 5. The largest absolute Gasteiger partial charge is 0.296 e. The van der Waals surface area contributed by atoms with Crippen molar-refractivity contribution >= 4 is 11.6 Å². The van der Waals surface area contributed by atoms with E-state index in [1.165, 1.54) is 6.08 Å². The predicted molar refractivity (Wildman–Crippen MR) is 91.1 cm³/mol. The lowest BCUT2D eigenvalue weighted by atomic mass is 9.46. The van der Waals surface area contributed by atoms with Crippen LogP contribution in [0.4, 0.5) is 8.78 Å². The molecule has 0 bridgehead atoms. The molecule has 0 aromatic heterocycles. The number of hydrogen-bond donors (Lipinski definition) is 0. The molecule has 0 aromatic rings. The Hall–Kier alpha value is -1.58. The molecule has 6 atom stereocenters. The zero-order chi connectivity index (χ0) is 18.3. The molecule has 0 aromatic carbocycles. The number of fused-ring (bicyclic) bond motifs is 5. The van der Waals surface area contributed by atoms with Gasteiger partial charge in [0.2, 0.25) is 5.78 Å². The minimum absolute atomic E-state index is 0.0302. The second-order valence-corrected chi connectivity index (χ2v) is 8.79. The first kappa shape index (κ1) is 16.9. The fraction of sp³-hybridized carbons (Fsp3) is 0.619. The Labute approximate surface area is 147 Å². The van der Waals surface area contributed by atoms with Gasteiger partial charge in [-0.25, -0.2) is 8.78 Å². The average Bonchev–Trinajstić information content (AvgIpc) is 2.77. The van der Waals surface area contributed by atoms with Crippen LogP contribution in [-0.4, -0.2) is 17.7 Å². The van der Waals surface area contributed by atoms with Crippen molar-refractivity contribution in [3.63, 3.8) is 0 Å². The quantitative estimate of drug-likeness (QED) is 0.639. The van der Waals surface area contributed by atoms with E-state index in [4.69, 9.17) is 0 Å². The first-order chi connectivity index (χ1) is 11.6. The Morgan fingerprint density at radius 3 is 2.60 bits per heavy atom. The average molecular weight is 346 g/mol. The van der Waals surface area contributed by atoms with Gasteiger partial charge in [-0.3, -0.25) is 9.59 Å². The molecule has 4 rings (SSSR count). The highest BCUT2D eigenvalue weighted by Crippen LogP contribution is 2.66. The highest BCUT2D eigenvalue weighted by molar-refractivity contribution is 6.05. The molecule has 4 heteroatoms. The van der Waals surface area contributed by atoms with Crippen LogP contribution >= 0.6 is 0 Å². The maximum atomic E-state index is 14.7. The number of hydrogen-bond acceptors (Lipinski definition) is 2. The molecule has 4 aliphatic rings. The van der Waals surface area contributed by atoms with Crippen LogP contribution in [0.25, 0.3) is 0 Å². The summed E-state index contributed by atoms with van der Waals surface area (Å²) in [6.45, 7) is 9.85. The maximum absolute atomic E-state index is 14.7. The smallest absolute Gasteiger partial charge is 0.214 e. The van der Waals surface area contributed by atoms with Gasteiger partial charge in [0.15, 0.2) is 17.8 Å². The van der Waals surface area contributed by atoms with Crippen molar-refractivity contribution < 1.29 is 18.4 Å². The van der Waals surface area contributed by atoms with Gasteiger partial charge < -0.3 is 0 Å². The maximum Gasteiger partial charge on any atom is 0.214 e. The standard InChI is InChI=1S/C21H24F2O2/c1-10-7-12-13(5-6-20(3)14(12)9-15(22)19(20)25)21(4)11(2)8-16(24)18(23)17(10)21/h8,12-15H,1,5-7,9H2,2-4H3/t12-,13+,14+,15?,20+,21-/m1/s1. The minimum Gasteiger partial charge on any atom is -0.296 e. The van der Waals surface area contributed by atoms with Crippen LogP contribution < -0.4 is 0 Å². The van der Waals surface area contributed by atoms with Crippen LogP contribution in [0.3, 0.4) is 0 Å². The van der Waals surface area contributed by atoms with Crippen LogP contribution in [0.1, 0.15) is 46.5 Å². The summed E-state index contributed by atoms with van der Waals surface area (Å²) in [5.74, 6) is -1.34. The van der Waals surface area contributed by atoms with Crippen LogP contribution in [0.2, 0.25) is 0 Å². The van der Waals surface area contributed by atoms with Gasteiger partial charge in [-0.05, 0) is 62.0 Å². The fourth-order valence-corrected chi connectivity index (χ4v) is 6.38. The molecule has 4 aliphatic carbocycles. The Kier molecular flexibility index (Phi) is 3.36. The van der Waals surface area contributed by atoms with E-state index in [1.54, 1.807) is 0 Å². The third-order valence-corrected chi connectivity index (χ3v) is 7.83. The normalized spacial score (nSPS) is 46.6. The number of carbonyl (C=O) groups is 2. The molecular formula is C21H24F2O2. The summed E-state index contributed by atoms with van der Waals surface area (Å²) in [5, 5.41) is 0. The third-order valence-electron chi connectivity index (χ3n) is 7.83. The SMILES string of the molecule is C=C1C[C@@H]2[C@H](CC[C@]3(C)C(=O)C(F)C[C@@H]23)[C@@]2(C)C(C)=CC(=O)C(F)=C12. The molecule has 2 nitrogen and oxygen atoms in total. The van der Waals surface area contributed by atoms with Crippen molar-refractivity contribution in [2.24, 2.45) is 28.6 Å². The van der Waals surface area contributed by atoms with E-state index in [2.05, 4.69) is 6.58 Å². The van der Waals surface area contributed by atoms with Crippen molar-refractivity contribution in [1.82, 2.24) is 0 Å². The topological polar surface area (TPSA) is 34.1 Å². The van der Waals surface area contributed by atoms with E-state index in [0.717, 1.165) is 12.0 Å². The number of carbonyl (C=O) groups excluding carboxylic acids is 2. The monoisotopic (exact) mass is 346 g/mol. The van der Waals surface area contributed by atoms with Gasteiger partial charge in [-0.2, -0.15) is 0 Å². The second-order valence-electron chi connectivity index (χ2n) is 8.79.